The Hall–Kier alpha value is -0.450. The quantitative estimate of drug-likeness (QED) is 0.682. The molecule has 0 aliphatic carbocycles. The van der Waals surface area contributed by atoms with Crippen LogP contribution < -0.4 is 11.1 Å². The number of nitrogens with zero attached hydrogens (tertiary/aromatic N) is 1. The molecule has 19 heavy (non-hydrogen) atoms. The van der Waals surface area contributed by atoms with E-state index in [2.05, 4.69) is 38.0 Å². The molecule has 3 nitrogen and oxygen atoms in total. The summed E-state index contributed by atoms with van der Waals surface area (Å²) in [6, 6.07) is 0.366. The highest BCUT2D eigenvalue weighted by molar-refractivity contribution is 7.11. The number of nitrogens with one attached hydrogen (secondary N) is 1. The third-order valence-electron chi connectivity index (χ3n) is 3.69. The summed E-state index contributed by atoms with van der Waals surface area (Å²) in [5.41, 5.74) is 5.68. The van der Waals surface area contributed by atoms with E-state index in [-0.39, 0.29) is 0 Å². The maximum Gasteiger partial charge on any atom is 0.109 e. The molecule has 4 heteroatoms. The average molecular weight is 283 g/mol. The van der Waals surface area contributed by atoms with Crippen molar-refractivity contribution in [2.75, 3.05) is 13.1 Å². The molecule has 0 aliphatic rings. The van der Waals surface area contributed by atoms with Crippen LogP contribution in [0, 0.1) is 18.8 Å². The van der Waals surface area contributed by atoms with Crippen molar-refractivity contribution in [3.63, 3.8) is 0 Å². The fraction of sp³-hybridized carbons (Fsp3) is 0.800. The first-order valence-corrected chi connectivity index (χ1v) is 8.22. The molecule has 0 radical (unpaired) electrons. The topological polar surface area (TPSA) is 50.9 Å². The Morgan fingerprint density at radius 1 is 1.32 bits per heavy atom. The summed E-state index contributed by atoms with van der Waals surface area (Å²) < 4.78 is 0. The van der Waals surface area contributed by atoms with Gasteiger partial charge in [-0.15, -0.1) is 11.3 Å². The van der Waals surface area contributed by atoms with Gasteiger partial charge in [-0.1, -0.05) is 13.8 Å². The van der Waals surface area contributed by atoms with Crippen LogP contribution in [0.5, 0.6) is 0 Å². The molecule has 0 aromatic carbocycles. The van der Waals surface area contributed by atoms with Crippen LogP contribution in [-0.4, -0.2) is 18.1 Å². The normalized spacial score (nSPS) is 14.8. The van der Waals surface area contributed by atoms with E-state index in [0.717, 1.165) is 31.3 Å². The van der Waals surface area contributed by atoms with E-state index in [0.29, 0.717) is 6.04 Å². The summed E-state index contributed by atoms with van der Waals surface area (Å²) in [6.45, 7) is 10.8. The van der Waals surface area contributed by atoms with Crippen molar-refractivity contribution in [1.82, 2.24) is 10.3 Å². The zero-order valence-corrected chi connectivity index (χ0v) is 13.6. The minimum Gasteiger partial charge on any atom is -0.330 e. The highest BCUT2D eigenvalue weighted by atomic mass is 32.1. The molecular formula is C15H29N3S. The van der Waals surface area contributed by atoms with Crippen LogP contribution in [-0.2, 0) is 0 Å². The van der Waals surface area contributed by atoms with Gasteiger partial charge in [-0.05, 0) is 58.0 Å². The van der Waals surface area contributed by atoms with Crippen LogP contribution in [0.2, 0.25) is 0 Å². The number of hydrogen-bond acceptors (Lipinski definition) is 4. The number of nitrogens with two attached hydrogens (primary N) is 1. The predicted molar refractivity (Wildman–Crippen MR) is 84.5 cm³/mol. The van der Waals surface area contributed by atoms with E-state index in [1.807, 2.05) is 6.20 Å². The molecule has 0 fully saturated rings. The molecule has 1 aromatic heterocycles. The first-order valence-electron chi connectivity index (χ1n) is 7.40. The highest BCUT2D eigenvalue weighted by Crippen LogP contribution is 2.21. The lowest BCUT2D eigenvalue weighted by Gasteiger charge is -2.20. The summed E-state index contributed by atoms with van der Waals surface area (Å²) in [5.74, 6) is 1.51. The Labute approximate surface area is 122 Å². The Morgan fingerprint density at radius 2 is 2.05 bits per heavy atom. The minimum absolute atomic E-state index is 0.366. The second-order valence-corrected chi connectivity index (χ2v) is 6.97. The van der Waals surface area contributed by atoms with Crippen LogP contribution in [0.25, 0.3) is 0 Å². The monoisotopic (exact) mass is 283 g/mol. The van der Waals surface area contributed by atoms with Gasteiger partial charge >= 0.3 is 0 Å². The van der Waals surface area contributed by atoms with Gasteiger partial charge in [0.2, 0.25) is 0 Å². The molecule has 0 spiro atoms. The third-order valence-corrected chi connectivity index (χ3v) is 4.79. The van der Waals surface area contributed by atoms with Crippen LogP contribution in [0.1, 0.15) is 56.0 Å². The number of aromatic nitrogens is 1. The van der Waals surface area contributed by atoms with Crippen molar-refractivity contribution < 1.29 is 0 Å². The second kappa shape index (κ2) is 8.67. The number of thiazole rings is 1. The van der Waals surface area contributed by atoms with Gasteiger partial charge in [0, 0.05) is 11.1 Å². The molecular weight excluding hydrogens is 254 g/mol. The predicted octanol–water partition coefficient (Wildman–Crippen LogP) is 3.50. The molecule has 3 N–H and O–H groups in total. The molecule has 2 unspecified atom stereocenters. The number of hydrogen-bond donors (Lipinski definition) is 2. The lowest BCUT2D eigenvalue weighted by Crippen LogP contribution is -2.21. The van der Waals surface area contributed by atoms with Gasteiger partial charge in [0.15, 0.2) is 0 Å². The van der Waals surface area contributed by atoms with Crippen molar-refractivity contribution in [3.8, 4) is 0 Å². The lowest BCUT2D eigenvalue weighted by molar-refractivity contribution is 0.329. The first kappa shape index (κ1) is 16.6. The lowest BCUT2D eigenvalue weighted by atomic mass is 9.88. The van der Waals surface area contributed by atoms with Crippen molar-refractivity contribution in [2.45, 2.75) is 53.0 Å². The van der Waals surface area contributed by atoms with Gasteiger partial charge in [-0.25, -0.2) is 4.98 Å². The molecule has 1 heterocycles. The van der Waals surface area contributed by atoms with Gasteiger partial charge < -0.3 is 11.1 Å². The van der Waals surface area contributed by atoms with Crippen LogP contribution >= 0.6 is 11.3 Å². The maximum absolute atomic E-state index is 5.68. The molecule has 110 valence electrons. The van der Waals surface area contributed by atoms with E-state index >= 15 is 0 Å². The third kappa shape index (κ3) is 6.02. The van der Waals surface area contributed by atoms with Crippen molar-refractivity contribution in [2.24, 2.45) is 17.6 Å². The molecule has 0 amide bonds. The largest absolute Gasteiger partial charge is 0.330 e. The van der Waals surface area contributed by atoms with E-state index in [9.17, 15) is 0 Å². The standard InChI is InChI=1S/C15H29N3S/c1-11(2)14(7-8-16)6-5-9-17-13(4)15-18-10-12(3)19-15/h10-11,13-14,17H,5-9,16H2,1-4H3. The Balaban J connectivity index is 2.22. The summed E-state index contributed by atoms with van der Waals surface area (Å²) in [4.78, 5) is 5.71. The first-order chi connectivity index (χ1) is 9.04. The van der Waals surface area contributed by atoms with Gasteiger partial charge in [-0.3, -0.25) is 0 Å². The molecule has 0 aliphatic heterocycles. The molecule has 0 bridgehead atoms. The zero-order valence-electron chi connectivity index (χ0n) is 12.8. The van der Waals surface area contributed by atoms with Gasteiger partial charge in [0.05, 0.1) is 6.04 Å². The molecule has 0 saturated carbocycles. The van der Waals surface area contributed by atoms with E-state index in [1.54, 1.807) is 11.3 Å². The smallest absolute Gasteiger partial charge is 0.109 e. The molecule has 1 aromatic rings. The van der Waals surface area contributed by atoms with E-state index < -0.39 is 0 Å². The SMILES string of the molecule is Cc1cnc(C(C)NCCCC(CCN)C(C)C)s1. The summed E-state index contributed by atoms with van der Waals surface area (Å²) >= 11 is 1.78. The second-order valence-electron chi connectivity index (χ2n) is 5.71. The van der Waals surface area contributed by atoms with Crippen molar-refractivity contribution in [3.05, 3.63) is 16.1 Å². The summed E-state index contributed by atoms with van der Waals surface area (Å²) in [6.07, 6.45) is 5.59. The summed E-state index contributed by atoms with van der Waals surface area (Å²) in [5, 5.41) is 4.76. The fourth-order valence-corrected chi connectivity index (χ4v) is 3.17. The maximum atomic E-state index is 5.68. The van der Waals surface area contributed by atoms with Crippen LogP contribution in [0.15, 0.2) is 6.20 Å². The van der Waals surface area contributed by atoms with E-state index in [4.69, 9.17) is 5.73 Å². The molecule has 0 saturated heterocycles. The Kier molecular flexibility index (Phi) is 7.57. The zero-order chi connectivity index (χ0) is 14.3. The van der Waals surface area contributed by atoms with Gasteiger partial charge in [0.1, 0.15) is 5.01 Å². The van der Waals surface area contributed by atoms with Gasteiger partial charge in [-0.2, -0.15) is 0 Å². The van der Waals surface area contributed by atoms with Crippen molar-refractivity contribution >= 4 is 11.3 Å². The minimum atomic E-state index is 0.366. The van der Waals surface area contributed by atoms with Gasteiger partial charge in [0.25, 0.3) is 0 Å². The van der Waals surface area contributed by atoms with Crippen LogP contribution in [0.4, 0.5) is 0 Å². The van der Waals surface area contributed by atoms with Crippen LogP contribution in [0.3, 0.4) is 0 Å². The Morgan fingerprint density at radius 3 is 2.58 bits per heavy atom. The molecule has 2 atom stereocenters. The highest BCUT2D eigenvalue weighted by Gasteiger charge is 2.13. The number of rotatable bonds is 9. The average Bonchev–Trinajstić information content (AvgIpc) is 2.79. The Bertz CT molecular complexity index is 349. The van der Waals surface area contributed by atoms with E-state index in [1.165, 1.54) is 22.7 Å². The molecule has 1 rings (SSSR count). The fourth-order valence-electron chi connectivity index (χ4n) is 2.37. The number of aryl methyl sites for hydroxylation is 1. The summed E-state index contributed by atoms with van der Waals surface area (Å²) in [7, 11) is 0. The van der Waals surface area contributed by atoms with Crippen molar-refractivity contribution in [1.29, 1.82) is 0 Å².